The van der Waals surface area contributed by atoms with E-state index in [4.69, 9.17) is 36.0 Å². The van der Waals surface area contributed by atoms with Gasteiger partial charge in [0.05, 0.1) is 14.2 Å². The van der Waals surface area contributed by atoms with Gasteiger partial charge in [-0.1, -0.05) is 84.4 Å². The molecule has 1 aliphatic heterocycles. The molecule has 11 heteroatoms. The fourth-order valence-corrected chi connectivity index (χ4v) is 5.69. The van der Waals surface area contributed by atoms with Gasteiger partial charge in [-0.25, -0.2) is 9.59 Å². The van der Waals surface area contributed by atoms with E-state index in [1.807, 2.05) is 24.3 Å². The van der Waals surface area contributed by atoms with Crippen LogP contribution < -0.4 is 9.47 Å². The number of hydrogen-bond acceptors (Lipinski definition) is 8. The van der Waals surface area contributed by atoms with Crippen LogP contribution in [0.15, 0.2) is 109 Å². The van der Waals surface area contributed by atoms with Crippen molar-refractivity contribution in [2.24, 2.45) is 0 Å². The second-order valence-corrected chi connectivity index (χ2v) is 12.2. The standard InChI is InChI=1S/C21H26ClNO.C15H14O4.C4H4O4/c1-21(17-7-4-3-5-8-17,18-10-12-19(22)13-11-18)24-16-14-20-9-6-15-23(20)2;1-18-11-8-12(16)14(13(9-11)19-2)15(17)10-6-4-3-5-7-10;5-3(6)1-2-4(7)8/h3-5,7-8,10-13,20H,6,9,14-16H2,1-2H3;3-9,16H,1-2H3;1-2H,(H,5,6)(H,7,8). The third-order valence-electron chi connectivity index (χ3n) is 8.38. The van der Waals surface area contributed by atoms with Crippen molar-refractivity contribution >= 4 is 29.3 Å². The molecule has 3 N–H and O–H groups in total. The Morgan fingerprint density at radius 3 is 1.94 bits per heavy atom. The predicted molar refractivity (Wildman–Crippen MR) is 196 cm³/mol. The molecule has 2 atom stereocenters. The third kappa shape index (κ3) is 12.0. The van der Waals surface area contributed by atoms with Gasteiger partial charge >= 0.3 is 11.9 Å². The zero-order valence-electron chi connectivity index (χ0n) is 29.1. The van der Waals surface area contributed by atoms with Crippen molar-refractivity contribution in [3.8, 4) is 17.2 Å². The van der Waals surface area contributed by atoms with E-state index in [-0.39, 0.29) is 22.8 Å². The van der Waals surface area contributed by atoms with E-state index in [0.29, 0.717) is 29.5 Å². The Bertz CT molecular complexity index is 1730. The predicted octanol–water partition coefficient (Wildman–Crippen LogP) is 7.46. The zero-order valence-corrected chi connectivity index (χ0v) is 29.9. The van der Waals surface area contributed by atoms with Crippen LogP contribution in [0.3, 0.4) is 0 Å². The summed E-state index contributed by atoms with van der Waals surface area (Å²) in [7, 11) is 5.14. The van der Waals surface area contributed by atoms with Crippen LogP contribution in [0.4, 0.5) is 0 Å². The number of carboxylic acid groups (broad SMARTS) is 2. The van der Waals surface area contributed by atoms with Crippen LogP contribution in [-0.2, 0) is 19.9 Å². The monoisotopic (exact) mass is 717 g/mol. The van der Waals surface area contributed by atoms with Gasteiger partial charge in [-0.2, -0.15) is 0 Å². The molecule has 0 bridgehead atoms. The van der Waals surface area contributed by atoms with Gasteiger partial charge in [-0.3, -0.25) is 4.79 Å². The van der Waals surface area contributed by atoms with E-state index in [1.165, 1.54) is 45.2 Å². The van der Waals surface area contributed by atoms with Crippen LogP contribution in [0.25, 0.3) is 0 Å². The minimum Gasteiger partial charge on any atom is -0.507 e. The second-order valence-electron chi connectivity index (χ2n) is 11.7. The summed E-state index contributed by atoms with van der Waals surface area (Å²) in [5.74, 6) is -2.26. The topological polar surface area (TPSA) is 143 Å². The van der Waals surface area contributed by atoms with Crippen molar-refractivity contribution in [2.75, 3.05) is 34.4 Å². The molecule has 0 aliphatic carbocycles. The highest BCUT2D eigenvalue weighted by atomic mass is 35.5. The largest absolute Gasteiger partial charge is 0.507 e. The van der Waals surface area contributed by atoms with Crippen LogP contribution in [0, 0.1) is 0 Å². The minimum atomic E-state index is -1.26. The number of halogens is 1. The molecule has 2 unspecified atom stereocenters. The van der Waals surface area contributed by atoms with Gasteiger partial charge in [0, 0.05) is 47.5 Å². The lowest BCUT2D eigenvalue weighted by Crippen LogP contribution is -2.31. The van der Waals surface area contributed by atoms with E-state index in [0.717, 1.165) is 23.6 Å². The second kappa shape index (κ2) is 19.9. The number of nitrogens with zero attached hydrogens (tertiary/aromatic N) is 1. The number of phenolic OH excluding ortho intramolecular Hbond substituents is 1. The molecule has 4 aromatic rings. The van der Waals surface area contributed by atoms with Gasteiger partial charge in [-0.15, -0.1) is 0 Å². The highest BCUT2D eigenvalue weighted by Crippen LogP contribution is 2.36. The number of phenols is 1. The first-order chi connectivity index (χ1) is 24.4. The van der Waals surface area contributed by atoms with Gasteiger partial charge in [0.25, 0.3) is 0 Å². The molecule has 0 amide bonds. The number of carbonyl (C=O) groups excluding carboxylic acids is 1. The minimum absolute atomic E-state index is 0.134. The van der Waals surface area contributed by atoms with Crippen LogP contribution >= 0.6 is 11.6 Å². The first kappa shape index (κ1) is 40.3. The molecular formula is C40H44ClNO9. The molecule has 4 aromatic carbocycles. The van der Waals surface area contributed by atoms with Crippen molar-refractivity contribution < 1.29 is 43.9 Å². The Morgan fingerprint density at radius 1 is 0.863 bits per heavy atom. The fourth-order valence-electron chi connectivity index (χ4n) is 5.56. The Morgan fingerprint density at radius 2 is 1.43 bits per heavy atom. The van der Waals surface area contributed by atoms with E-state index in [2.05, 4.69) is 55.3 Å². The van der Waals surface area contributed by atoms with Crippen LogP contribution in [-0.4, -0.2) is 78.4 Å². The van der Waals surface area contributed by atoms with Crippen molar-refractivity contribution in [1.29, 1.82) is 0 Å². The van der Waals surface area contributed by atoms with Crippen molar-refractivity contribution in [2.45, 2.75) is 37.8 Å². The molecule has 1 fully saturated rings. The lowest BCUT2D eigenvalue weighted by atomic mass is 9.88. The van der Waals surface area contributed by atoms with E-state index >= 15 is 0 Å². The number of likely N-dealkylation sites (tertiary alicyclic amines) is 1. The number of carbonyl (C=O) groups is 3. The maximum atomic E-state index is 12.4. The quantitative estimate of drug-likeness (QED) is 0.0999. The number of hydrogen-bond donors (Lipinski definition) is 3. The maximum Gasteiger partial charge on any atom is 0.328 e. The molecule has 0 spiro atoms. The van der Waals surface area contributed by atoms with Crippen molar-refractivity contribution in [1.82, 2.24) is 4.90 Å². The smallest absolute Gasteiger partial charge is 0.328 e. The molecule has 10 nitrogen and oxygen atoms in total. The Kier molecular flexibility index (Phi) is 15.7. The summed E-state index contributed by atoms with van der Waals surface area (Å²) in [5, 5.41) is 26.4. The highest BCUT2D eigenvalue weighted by Gasteiger charge is 2.31. The molecule has 0 saturated carbocycles. The van der Waals surface area contributed by atoms with E-state index in [1.54, 1.807) is 30.3 Å². The normalized spacial score (nSPS) is 15.0. The maximum absolute atomic E-state index is 12.4. The van der Waals surface area contributed by atoms with Gasteiger partial charge in [0.1, 0.15) is 28.4 Å². The molecule has 0 radical (unpaired) electrons. The zero-order chi connectivity index (χ0) is 37.4. The molecule has 270 valence electrons. The number of aliphatic carboxylic acids is 2. The van der Waals surface area contributed by atoms with Gasteiger partial charge in [-0.05, 0) is 63.0 Å². The Labute approximate surface area is 303 Å². The molecule has 0 aromatic heterocycles. The summed E-state index contributed by atoms with van der Waals surface area (Å²) in [6.07, 6.45) is 4.77. The average Bonchev–Trinajstić information content (AvgIpc) is 3.55. The summed E-state index contributed by atoms with van der Waals surface area (Å²) in [4.78, 5) is 33.9. The summed E-state index contributed by atoms with van der Waals surface area (Å²) >= 11 is 6.07. The fraction of sp³-hybridized carbons (Fsp3) is 0.275. The summed E-state index contributed by atoms with van der Waals surface area (Å²) in [6, 6.07) is 30.8. The number of methoxy groups -OCH3 is 2. The molecular weight excluding hydrogens is 674 g/mol. The molecule has 1 aliphatic rings. The lowest BCUT2D eigenvalue weighted by Gasteiger charge is -2.32. The Balaban J connectivity index is 0.000000232. The molecule has 51 heavy (non-hydrogen) atoms. The van der Waals surface area contributed by atoms with Crippen LogP contribution in [0.5, 0.6) is 17.2 Å². The SMILES string of the molecule is CN1CCCC1CCOC(C)(c1ccccc1)c1ccc(Cl)cc1.COc1cc(O)c(C(=O)c2ccccc2)c(OC)c1.O=C(O)C=CC(=O)O. The number of carboxylic acids is 2. The first-order valence-electron chi connectivity index (χ1n) is 16.2. The average molecular weight is 718 g/mol. The summed E-state index contributed by atoms with van der Waals surface area (Å²) in [5.41, 5.74) is 2.48. The molecule has 1 heterocycles. The summed E-state index contributed by atoms with van der Waals surface area (Å²) in [6.45, 7) is 4.12. The number of ether oxygens (including phenoxy) is 3. The number of ketones is 1. The third-order valence-corrected chi connectivity index (χ3v) is 8.63. The van der Waals surface area contributed by atoms with E-state index in [9.17, 15) is 19.5 Å². The lowest BCUT2D eigenvalue weighted by molar-refractivity contribution is -0.134. The van der Waals surface area contributed by atoms with Crippen molar-refractivity contribution in [3.63, 3.8) is 0 Å². The van der Waals surface area contributed by atoms with Crippen LogP contribution in [0.1, 0.15) is 53.2 Å². The van der Waals surface area contributed by atoms with Crippen LogP contribution in [0.2, 0.25) is 5.02 Å². The van der Waals surface area contributed by atoms with Crippen molar-refractivity contribution in [3.05, 3.63) is 136 Å². The highest BCUT2D eigenvalue weighted by molar-refractivity contribution is 6.30. The number of rotatable bonds is 12. The van der Waals surface area contributed by atoms with E-state index < -0.39 is 17.5 Å². The van der Waals surface area contributed by atoms with Gasteiger partial charge < -0.3 is 34.4 Å². The Hall–Kier alpha value is -5.16. The number of aromatic hydroxyl groups is 1. The summed E-state index contributed by atoms with van der Waals surface area (Å²) < 4.78 is 16.7. The number of benzene rings is 4. The molecule has 1 saturated heterocycles. The van der Waals surface area contributed by atoms with Gasteiger partial charge in [0.2, 0.25) is 5.78 Å². The first-order valence-corrected chi connectivity index (χ1v) is 16.6. The molecule has 5 rings (SSSR count). The van der Waals surface area contributed by atoms with Gasteiger partial charge in [0.15, 0.2) is 0 Å².